The maximum absolute atomic E-state index is 12.1. The van der Waals surface area contributed by atoms with E-state index >= 15 is 0 Å². The summed E-state index contributed by atoms with van der Waals surface area (Å²) in [6.07, 6.45) is 3.36. The number of carbonyl (C=O) groups excluding carboxylic acids is 1. The number of Topliss-reactive ketones (excluding diaryl/α,β-unsaturated/α-hetero) is 1. The van der Waals surface area contributed by atoms with E-state index in [4.69, 9.17) is 0 Å². The van der Waals surface area contributed by atoms with Crippen LogP contribution in [-0.4, -0.2) is 15.8 Å². The van der Waals surface area contributed by atoms with Gasteiger partial charge in [0.1, 0.15) is 0 Å². The Morgan fingerprint density at radius 3 is 2.78 bits per heavy atom. The molecule has 3 heteroatoms. The molecule has 0 saturated heterocycles. The first-order valence-corrected chi connectivity index (χ1v) is 6.22. The fourth-order valence-electron chi connectivity index (χ4n) is 2.58. The summed E-state index contributed by atoms with van der Waals surface area (Å²) >= 11 is 0. The summed E-state index contributed by atoms with van der Waals surface area (Å²) in [7, 11) is 0. The van der Waals surface area contributed by atoms with Crippen LogP contribution in [0.1, 0.15) is 36.3 Å². The summed E-state index contributed by atoms with van der Waals surface area (Å²) in [6.45, 7) is 4.24. The van der Waals surface area contributed by atoms with Crippen LogP contribution in [-0.2, 0) is 6.42 Å². The maximum Gasteiger partial charge on any atom is 0.165 e. The number of hydrogen-bond acceptors (Lipinski definition) is 2. The number of nitrogens with zero attached hydrogens (tertiary/aromatic N) is 1. The molecule has 1 N–H and O–H groups in total. The summed E-state index contributed by atoms with van der Waals surface area (Å²) in [4.78, 5) is 19.8. The van der Waals surface area contributed by atoms with Gasteiger partial charge in [-0.25, -0.2) is 0 Å². The SMILES string of the molecule is CC1(C)CC(=O)c2ccc(-c3ccc[nH]3)nc2C1. The van der Waals surface area contributed by atoms with Crippen LogP contribution in [0.15, 0.2) is 30.5 Å². The van der Waals surface area contributed by atoms with E-state index in [0.29, 0.717) is 6.42 Å². The van der Waals surface area contributed by atoms with Gasteiger partial charge in [-0.05, 0) is 36.1 Å². The number of fused-ring (bicyclic) bond motifs is 1. The summed E-state index contributed by atoms with van der Waals surface area (Å²) < 4.78 is 0. The predicted molar refractivity (Wildman–Crippen MR) is 70.5 cm³/mol. The molecule has 92 valence electrons. The number of carbonyl (C=O) groups is 1. The third kappa shape index (κ3) is 1.86. The van der Waals surface area contributed by atoms with Crippen molar-refractivity contribution >= 4 is 5.78 Å². The molecule has 1 aliphatic rings. The molecule has 0 amide bonds. The van der Waals surface area contributed by atoms with Crippen LogP contribution in [0, 0.1) is 5.41 Å². The molecule has 0 unspecified atom stereocenters. The highest BCUT2D eigenvalue weighted by Crippen LogP contribution is 2.34. The zero-order chi connectivity index (χ0) is 12.8. The Balaban J connectivity index is 2.08. The second-order valence-electron chi connectivity index (χ2n) is 5.72. The van der Waals surface area contributed by atoms with Gasteiger partial charge in [0.25, 0.3) is 0 Å². The molecule has 1 aliphatic carbocycles. The molecular weight excluding hydrogens is 224 g/mol. The Labute approximate surface area is 106 Å². The van der Waals surface area contributed by atoms with Crippen LogP contribution in [0.2, 0.25) is 0 Å². The van der Waals surface area contributed by atoms with Crippen molar-refractivity contribution in [3.63, 3.8) is 0 Å². The zero-order valence-corrected chi connectivity index (χ0v) is 10.7. The lowest BCUT2D eigenvalue weighted by Crippen LogP contribution is -2.27. The lowest BCUT2D eigenvalue weighted by molar-refractivity contribution is 0.0910. The monoisotopic (exact) mass is 240 g/mol. The van der Waals surface area contributed by atoms with Crippen molar-refractivity contribution in [1.82, 2.24) is 9.97 Å². The van der Waals surface area contributed by atoms with Gasteiger partial charge < -0.3 is 4.98 Å². The number of nitrogens with one attached hydrogen (secondary N) is 1. The van der Waals surface area contributed by atoms with Gasteiger partial charge in [0, 0.05) is 18.2 Å². The summed E-state index contributed by atoms with van der Waals surface area (Å²) in [5, 5.41) is 0. The molecule has 0 atom stereocenters. The summed E-state index contributed by atoms with van der Waals surface area (Å²) in [5.41, 5.74) is 3.65. The smallest absolute Gasteiger partial charge is 0.165 e. The van der Waals surface area contributed by atoms with Gasteiger partial charge in [0.2, 0.25) is 0 Å². The molecule has 0 spiro atoms. The molecule has 0 aromatic carbocycles. The zero-order valence-electron chi connectivity index (χ0n) is 10.7. The molecule has 0 fully saturated rings. The molecule has 0 radical (unpaired) electrons. The van der Waals surface area contributed by atoms with Crippen LogP contribution in [0.5, 0.6) is 0 Å². The number of aromatic nitrogens is 2. The van der Waals surface area contributed by atoms with E-state index in [1.807, 2.05) is 30.5 Å². The minimum absolute atomic E-state index is 0.0193. The maximum atomic E-state index is 12.1. The molecule has 2 heterocycles. The fraction of sp³-hybridized carbons (Fsp3) is 0.333. The summed E-state index contributed by atoms with van der Waals surface area (Å²) in [6, 6.07) is 7.77. The van der Waals surface area contributed by atoms with E-state index in [1.54, 1.807) is 0 Å². The molecule has 3 nitrogen and oxygen atoms in total. The van der Waals surface area contributed by atoms with Gasteiger partial charge in [-0.3, -0.25) is 9.78 Å². The quantitative estimate of drug-likeness (QED) is 0.831. The second-order valence-corrected chi connectivity index (χ2v) is 5.72. The Morgan fingerprint density at radius 1 is 1.22 bits per heavy atom. The molecule has 2 aromatic heterocycles. The van der Waals surface area contributed by atoms with Crippen LogP contribution < -0.4 is 0 Å². The third-order valence-electron chi connectivity index (χ3n) is 3.43. The van der Waals surface area contributed by atoms with E-state index in [9.17, 15) is 4.79 Å². The molecule has 0 saturated carbocycles. The predicted octanol–water partition coefficient (Wildman–Crippen LogP) is 3.23. The minimum Gasteiger partial charge on any atom is -0.360 e. The number of ketones is 1. The normalized spacial score (nSPS) is 17.6. The first kappa shape index (κ1) is 11.2. The van der Waals surface area contributed by atoms with E-state index in [0.717, 1.165) is 29.1 Å². The molecule has 3 rings (SSSR count). The minimum atomic E-state index is 0.0193. The van der Waals surface area contributed by atoms with Gasteiger partial charge in [-0.15, -0.1) is 0 Å². The standard InChI is InChI=1S/C15H16N2O/c1-15(2)8-13-10(14(18)9-15)5-6-12(17-13)11-4-3-7-16-11/h3-7,16H,8-9H2,1-2H3. The molecule has 0 bridgehead atoms. The van der Waals surface area contributed by atoms with Gasteiger partial charge in [0.05, 0.1) is 17.1 Å². The number of rotatable bonds is 1. The van der Waals surface area contributed by atoms with Crippen LogP contribution in [0.4, 0.5) is 0 Å². The van der Waals surface area contributed by atoms with Crippen LogP contribution >= 0.6 is 0 Å². The Bertz CT molecular complexity index is 597. The number of hydrogen-bond donors (Lipinski definition) is 1. The molecule has 0 aliphatic heterocycles. The highest BCUT2D eigenvalue weighted by Gasteiger charge is 2.31. The number of pyridine rings is 1. The average molecular weight is 240 g/mol. The average Bonchev–Trinajstić information content (AvgIpc) is 2.79. The first-order valence-electron chi connectivity index (χ1n) is 6.22. The van der Waals surface area contributed by atoms with E-state index in [1.165, 1.54) is 0 Å². The Kier molecular flexibility index (Phi) is 2.37. The van der Waals surface area contributed by atoms with Crippen LogP contribution in [0.3, 0.4) is 0 Å². The van der Waals surface area contributed by atoms with Crippen molar-refractivity contribution in [2.24, 2.45) is 5.41 Å². The van der Waals surface area contributed by atoms with Gasteiger partial charge >= 0.3 is 0 Å². The number of aromatic amines is 1. The Hall–Kier alpha value is -1.90. The first-order chi connectivity index (χ1) is 8.55. The van der Waals surface area contributed by atoms with Crippen molar-refractivity contribution in [2.75, 3.05) is 0 Å². The van der Waals surface area contributed by atoms with E-state index in [2.05, 4.69) is 23.8 Å². The van der Waals surface area contributed by atoms with Gasteiger partial charge in [-0.2, -0.15) is 0 Å². The highest BCUT2D eigenvalue weighted by molar-refractivity contribution is 5.98. The van der Waals surface area contributed by atoms with Crippen molar-refractivity contribution in [2.45, 2.75) is 26.7 Å². The topological polar surface area (TPSA) is 45.8 Å². The van der Waals surface area contributed by atoms with E-state index < -0.39 is 0 Å². The second kappa shape index (κ2) is 3.80. The van der Waals surface area contributed by atoms with Gasteiger partial charge in [-0.1, -0.05) is 13.8 Å². The van der Waals surface area contributed by atoms with Gasteiger partial charge in [0.15, 0.2) is 5.78 Å². The number of H-pyrrole nitrogens is 1. The summed E-state index contributed by atoms with van der Waals surface area (Å²) in [5.74, 6) is 0.215. The van der Waals surface area contributed by atoms with Crippen molar-refractivity contribution in [1.29, 1.82) is 0 Å². The largest absolute Gasteiger partial charge is 0.360 e. The van der Waals surface area contributed by atoms with Crippen LogP contribution in [0.25, 0.3) is 11.4 Å². The highest BCUT2D eigenvalue weighted by atomic mass is 16.1. The van der Waals surface area contributed by atoms with Crippen molar-refractivity contribution in [3.05, 3.63) is 41.7 Å². The van der Waals surface area contributed by atoms with E-state index in [-0.39, 0.29) is 11.2 Å². The molecular formula is C15H16N2O. The lowest BCUT2D eigenvalue weighted by atomic mass is 9.75. The van der Waals surface area contributed by atoms with Crippen molar-refractivity contribution < 1.29 is 4.79 Å². The Morgan fingerprint density at radius 2 is 2.06 bits per heavy atom. The fourth-order valence-corrected chi connectivity index (χ4v) is 2.58. The lowest BCUT2D eigenvalue weighted by Gasteiger charge is -2.29. The molecule has 2 aromatic rings. The van der Waals surface area contributed by atoms with Crippen molar-refractivity contribution in [3.8, 4) is 11.4 Å². The molecule has 18 heavy (non-hydrogen) atoms. The third-order valence-corrected chi connectivity index (χ3v) is 3.43.